The molecule has 0 unspecified atom stereocenters. The van der Waals surface area contributed by atoms with Crippen molar-refractivity contribution < 1.29 is 0 Å². The Morgan fingerprint density at radius 3 is 0.988 bits per heavy atom. The predicted octanol–water partition coefficient (Wildman–Crippen LogP) is 19.7. The average molecular weight is 1080 g/mol. The summed E-state index contributed by atoms with van der Waals surface area (Å²) in [6.45, 7) is 14.3. The van der Waals surface area contributed by atoms with E-state index >= 15 is 0 Å². The normalized spacial score (nSPS) is 18.1. The Bertz CT molecular complexity index is 3490. The van der Waals surface area contributed by atoms with Gasteiger partial charge in [0.25, 0.3) is 6.71 Å². The van der Waals surface area contributed by atoms with E-state index in [9.17, 15) is 0 Å². The maximum Gasteiger partial charge on any atom is 0.252 e. The Labute approximate surface area is 493 Å². The maximum absolute atomic E-state index is 2.82. The molecule has 4 heteroatoms. The first-order chi connectivity index (χ1) is 39.9. The highest BCUT2D eigenvalue weighted by Gasteiger charge is 2.45. The van der Waals surface area contributed by atoms with Crippen molar-refractivity contribution in [3.8, 4) is 5.69 Å². The van der Waals surface area contributed by atoms with E-state index in [4.69, 9.17) is 0 Å². The third-order valence-electron chi connectivity index (χ3n) is 20.9. The molecule has 1 aromatic heterocycles. The number of aryl methyl sites for hydroxylation is 8. The van der Waals surface area contributed by atoms with Gasteiger partial charge in [-0.3, -0.25) is 0 Å². The number of benzene rings is 7. The molecular weight excluding hydrogens is 990 g/mol. The summed E-state index contributed by atoms with van der Waals surface area (Å²) in [4.78, 5) is 5.64. The molecule has 0 radical (unpaired) electrons. The minimum Gasteiger partial charge on any atom is -0.311 e. The minimum atomic E-state index is 0.0161. The minimum absolute atomic E-state index is 0.0161. The fourth-order valence-electron chi connectivity index (χ4n) is 16.2. The van der Waals surface area contributed by atoms with Crippen molar-refractivity contribution >= 4 is 79.0 Å². The van der Waals surface area contributed by atoms with Crippen LogP contribution in [-0.2, 0) is 62.2 Å². The zero-order valence-electron chi connectivity index (χ0n) is 51.1. The Hall–Kier alpha value is -6.00. The van der Waals surface area contributed by atoms with Gasteiger partial charge in [-0.25, -0.2) is 0 Å². The molecule has 7 aromatic carbocycles. The van der Waals surface area contributed by atoms with Crippen LogP contribution in [0.2, 0.25) is 0 Å². The van der Waals surface area contributed by atoms with Gasteiger partial charge in [0.1, 0.15) is 0 Å². The van der Waals surface area contributed by atoms with Crippen LogP contribution in [0.4, 0.5) is 34.1 Å². The molecule has 8 aromatic rings. The summed E-state index contributed by atoms with van der Waals surface area (Å²) >= 11 is 0. The lowest BCUT2D eigenvalue weighted by Crippen LogP contribution is -2.61. The van der Waals surface area contributed by atoms with Crippen LogP contribution in [0.5, 0.6) is 0 Å². The number of aromatic nitrogens is 1. The van der Waals surface area contributed by atoms with Crippen molar-refractivity contribution in [3.05, 3.63) is 165 Å². The number of hydrogen-bond acceptors (Lipinski definition) is 2. The summed E-state index contributed by atoms with van der Waals surface area (Å²) < 4.78 is 2.68. The first-order valence-electron chi connectivity index (χ1n) is 33.4. The topological polar surface area (TPSA) is 11.4 Å². The second kappa shape index (κ2) is 22.2. The Kier molecular flexibility index (Phi) is 14.6. The van der Waals surface area contributed by atoms with Crippen LogP contribution >= 0.6 is 0 Å². The molecule has 422 valence electrons. The van der Waals surface area contributed by atoms with Crippen molar-refractivity contribution in [2.24, 2.45) is 0 Å². The smallest absolute Gasteiger partial charge is 0.252 e. The zero-order valence-corrected chi connectivity index (χ0v) is 51.1. The maximum atomic E-state index is 2.82. The molecule has 4 aliphatic carbocycles. The third kappa shape index (κ3) is 10.1. The van der Waals surface area contributed by atoms with Gasteiger partial charge in [0.2, 0.25) is 0 Å². The summed E-state index contributed by atoms with van der Waals surface area (Å²) in [6.07, 6.45) is 35.6. The van der Waals surface area contributed by atoms with Crippen LogP contribution in [0.15, 0.2) is 109 Å². The van der Waals surface area contributed by atoms with Gasteiger partial charge in [0.05, 0.1) is 16.7 Å². The monoisotopic (exact) mass is 1080 g/mol. The van der Waals surface area contributed by atoms with Crippen LogP contribution in [0.3, 0.4) is 0 Å². The van der Waals surface area contributed by atoms with Gasteiger partial charge in [-0.05, 0) is 258 Å². The number of anilines is 6. The summed E-state index contributed by atoms with van der Waals surface area (Å²) in [5.41, 5.74) is 32.0. The molecule has 0 fully saturated rings. The first kappa shape index (κ1) is 54.0. The Morgan fingerprint density at radius 1 is 0.293 bits per heavy atom. The van der Waals surface area contributed by atoms with Crippen molar-refractivity contribution in [1.82, 2.24) is 4.57 Å². The number of rotatable bonds is 3. The van der Waals surface area contributed by atoms with E-state index in [1.54, 1.807) is 44.5 Å². The first-order valence-corrected chi connectivity index (χ1v) is 33.4. The molecule has 6 aliphatic rings. The molecule has 3 nitrogen and oxygen atoms in total. The van der Waals surface area contributed by atoms with Gasteiger partial charge < -0.3 is 14.4 Å². The molecule has 0 N–H and O–H groups in total. The predicted molar refractivity (Wildman–Crippen MR) is 354 cm³/mol. The SMILES string of the molecule is CC(C)(C)c1ccc2c(c1)c1cc(C(C)(C)C)ccc1n2-c1cc2c3c(c1)N(c1ccc4c(c1)CCCCCCC4)c1cc4c(cc1B3c1cc3c(cc1N2c1ccc2c(c1)CCCCCCC2)CCCCCCC3)CCCCCCC4. The number of hydrogen-bond donors (Lipinski definition) is 0. The van der Waals surface area contributed by atoms with Crippen LogP contribution in [0, 0.1) is 0 Å². The lowest BCUT2D eigenvalue weighted by Gasteiger charge is -2.45. The lowest BCUT2D eigenvalue weighted by molar-refractivity contribution is 0.590. The molecule has 0 saturated carbocycles. The van der Waals surface area contributed by atoms with E-state index in [0.29, 0.717) is 0 Å². The second-order valence-electron chi connectivity index (χ2n) is 28.6. The molecule has 82 heavy (non-hydrogen) atoms. The highest BCUT2D eigenvalue weighted by molar-refractivity contribution is 7.00. The second-order valence-corrected chi connectivity index (χ2v) is 28.6. The highest BCUT2D eigenvalue weighted by Crippen LogP contribution is 2.49. The van der Waals surface area contributed by atoms with E-state index in [1.807, 2.05) is 0 Å². The Balaban J connectivity index is 1.11. The van der Waals surface area contributed by atoms with Crippen LogP contribution in [-0.4, -0.2) is 11.3 Å². The summed E-state index contributed by atoms with van der Waals surface area (Å²) in [7, 11) is 0. The van der Waals surface area contributed by atoms with Crippen molar-refractivity contribution in [3.63, 3.8) is 0 Å². The molecule has 0 amide bonds. The molecular formula is C78H92BN3. The highest BCUT2D eigenvalue weighted by atomic mass is 15.2. The van der Waals surface area contributed by atoms with Gasteiger partial charge in [-0.2, -0.15) is 0 Å². The number of nitrogens with zero attached hydrogens (tertiary/aromatic N) is 3. The van der Waals surface area contributed by atoms with E-state index < -0.39 is 0 Å². The summed E-state index contributed by atoms with van der Waals surface area (Å²) in [6, 6.07) is 46.8. The molecule has 3 heterocycles. The summed E-state index contributed by atoms with van der Waals surface area (Å²) in [5.74, 6) is 0. The van der Waals surface area contributed by atoms with Crippen molar-refractivity contribution in [1.29, 1.82) is 0 Å². The largest absolute Gasteiger partial charge is 0.311 e. The van der Waals surface area contributed by atoms with Gasteiger partial charge in [-0.15, -0.1) is 0 Å². The molecule has 0 saturated heterocycles. The fourth-order valence-corrected chi connectivity index (χ4v) is 16.2. The lowest BCUT2D eigenvalue weighted by atomic mass is 9.33. The molecule has 2 aliphatic heterocycles. The molecule has 0 bridgehead atoms. The quantitative estimate of drug-likeness (QED) is 0.163. The number of fused-ring (bicyclic) bond motifs is 11. The van der Waals surface area contributed by atoms with E-state index in [-0.39, 0.29) is 17.5 Å². The fraction of sp³-hybridized carbons (Fsp3) is 0.462. The van der Waals surface area contributed by atoms with Gasteiger partial charge in [0, 0.05) is 44.9 Å². The Morgan fingerprint density at radius 2 is 0.622 bits per heavy atom. The van der Waals surface area contributed by atoms with Crippen molar-refractivity contribution in [2.45, 2.75) is 232 Å². The van der Waals surface area contributed by atoms with E-state index in [0.717, 1.165) is 25.7 Å². The molecule has 0 atom stereocenters. The third-order valence-corrected chi connectivity index (χ3v) is 20.9. The average Bonchev–Trinajstić information content (AvgIpc) is 1.64. The van der Waals surface area contributed by atoms with Crippen LogP contribution in [0.25, 0.3) is 27.5 Å². The zero-order chi connectivity index (χ0) is 55.7. The van der Waals surface area contributed by atoms with E-state index in [1.165, 1.54) is 243 Å². The van der Waals surface area contributed by atoms with Gasteiger partial charge in [-0.1, -0.05) is 155 Å². The van der Waals surface area contributed by atoms with Crippen LogP contribution < -0.4 is 26.2 Å². The molecule has 14 rings (SSSR count). The van der Waals surface area contributed by atoms with Crippen LogP contribution in [0.1, 0.15) is 226 Å². The summed E-state index contributed by atoms with van der Waals surface area (Å²) in [5, 5.41) is 2.70. The van der Waals surface area contributed by atoms with E-state index in [2.05, 4.69) is 165 Å². The molecule has 0 spiro atoms. The standard InChI is InChI=1S/C78H92BN3/c1-77(2,3)61-37-41-70-66(49-61)67-50-62(78(4,5)6)38-42-71(67)82(70)65-51-74-76-75(52-65)81(64-40-36-54-28-20-12-8-14-22-30-56(54)44-64)73-48-60-34-26-18-10-16-24-32-58(60)46-69(73)79(76)68-45-57-31-23-15-9-17-25-33-59(57)47-72(68)80(74)63-39-35-53-27-19-11-7-13-21-29-55(53)43-63/h35-52H,7-34H2,1-6H3. The van der Waals surface area contributed by atoms with Gasteiger partial charge >= 0.3 is 0 Å². The van der Waals surface area contributed by atoms with Gasteiger partial charge in [0.15, 0.2) is 0 Å². The van der Waals surface area contributed by atoms with Crippen molar-refractivity contribution in [2.75, 3.05) is 9.80 Å².